The largest absolute Gasteiger partial charge is 0.458 e. The number of hydrogen-bond acceptors (Lipinski definition) is 5. The third-order valence-corrected chi connectivity index (χ3v) is 4.39. The molecule has 0 saturated heterocycles. The summed E-state index contributed by atoms with van der Waals surface area (Å²) >= 11 is 0. The van der Waals surface area contributed by atoms with E-state index >= 15 is 0 Å². The lowest BCUT2D eigenvalue weighted by molar-refractivity contribution is -0.129. The molecule has 1 aliphatic rings. The van der Waals surface area contributed by atoms with Crippen molar-refractivity contribution >= 4 is 23.2 Å². The maximum Gasteiger partial charge on any atom is 0.270 e. The Hall–Kier alpha value is -3.35. The van der Waals surface area contributed by atoms with Gasteiger partial charge in [0.15, 0.2) is 0 Å². The fourth-order valence-corrected chi connectivity index (χ4v) is 3.23. The first kappa shape index (κ1) is 15.2. The lowest BCUT2D eigenvalue weighted by Crippen LogP contribution is -2.42. The van der Waals surface area contributed by atoms with Crippen LogP contribution in [0.25, 0.3) is 11.0 Å². The summed E-state index contributed by atoms with van der Waals surface area (Å²) in [6.07, 6.45) is 3.82. The molecular weight excluding hydrogens is 320 g/mol. The molecule has 3 heterocycles. The Morgan fingerprint density at radius 3 is 3.04 bits per heavy atom. The number of nitrogens with zero attached hydrogens (tertiary/aromatic N) is 2. The van der Waals surface area contributed by atoms with Crippen molar-refractivity contribution in [2.45, 2.75) is 12.5 Å². The number of carbonyl (C=O) groups excluding carboxylic acids is 2. The van der Waals surface area contributed by atoms with Crippen molar-refractivity contribution in [2.75, 3.05) is 6.54 Å². The second kappa shape index (κ2) is 5.94. The molecule has 4 rings (SSSR count). The molecule has 7 nitrogen and oxygen atoms in total. The van der Waals surface area contributed by atoms with Gasteiger partial charge in [0.25, 0.3) is 5.91 Å². The van der Waals surface area contributed by atoms with Crippen LogP contribution in [0.3, 0.4) is 0 Å². The first-order chi connectivity index (χ1) is 12.2. The van der Waals surface area contributed by atoms with Gasteiger partial charge in [0.2, 0.25) is 0 Å². The van der Waals surface area contributed by atoms with Crippen LogP contribution in [0.2, 0.25) is 0 Å². The van der Waals surface area contributed by atoms with Crippen LogP contribution >= 0.6 is 0 Å². The van der Waals surface area contributed by atoms with Crippen molar-refractivity contribution < 1.29 is 14.0 Å². The number of para-hydroxylation sites is 1. The molecule has 0 radical (unpaired) electrons. The second-order valence-electron chi connectivity index (χ2n) is 5.86. The molecule has 0 bridgehead atoms. The van der Waals surface area contributed by atoms with Crippen LogP contribution in [0.5, 0.6) is 0 Å². The Bertz CT molecular complexity index is 952. The number of rotatable bonds is 3. The normalized spacial score (nSPS) is 17.5. The zero-order chi connectivity index (χ0) is 17.4. The summed E-state index contributed by atoms with van der Waals surface area (Å²) in [5, 5.41) is 0.948. The number of allylic oxidation sites excluding steroid dienone is 1. The predicted molar refractivity (Wildman–Crippen MR) is 90.4 cm³/mol. The van der Waals surface area contributed by atoms with Crippen LogP contribution in [0, 0.1) is 0 Å². The number of aromatic nitrogens is 2. The molecule has 1 aliphatic heterocycles. The van der Waals surface area contributed by atoms with Crippen molar-refractivity contribution in [3.05, 3.63) is 65.6 Å². The van der Waals surface area contributed by atoms with Gasteiger partial charge in [-0.25, -0.2) is 4.98 Å². The van der Waals surface area contributed by atoms with E-state index in [1.807, 2.05) is 30.3 Å². The van der Waals surface area contributed by atoms with Crippen LogP contribution in [0.15, 0.2) is 52.8 Å². The smallest absolute Gasteiger partial charge is 0.270 e. The molecule has 25 heavy (non-hydrogen) atoms. The molecule has 1 aromatic carbocycles. The number of nitrogens with two attached hydrogens (primary N) is 1. The molecule has 1 amide bonds. The minimum absolute atomic E-state index is 0.102. The topological polar surface area (TPSA) is 105 Å². The molecule has 126 valence electrons. The standard InChI is InChI=1S/C18H16N4O3/c19-12(6-8-23)18(24)22-7-5-13-16(21-10-20-13)17(22)15-9-11-3-1-2-4-14(11)25-15/h1-4,6,8-10,17H,5,7,19H2,(H,20,21)/b12-6-. The highest BCUT2D eigenvalue weighted by molar-refractivity contribution is 5.96. The fraction of sp³-hybridized carbons (Fsp3) is 0.167. The summed E-state index contributed by atoms with van der Waals surface area (Å²) in [6, 6.07) is 9.06. The summed E-state index contributed by atoms with van der Waals surface area (Å²) in [4.78, 5) is 32.5. The summed E-state index contributed by atoms with van der Waals surface area (Å²) < 4.78 is 5.98. The van der Waals surface area contributed by atoms with E-state index in [-0.39, 0.29) is 5.70 Å². The summed E-state index contributed by atoms with van der Waals surface area (Å²) in [5.41, 5.74) is 8.09. The zero-order valence-corrected chi connectivity index (χ0v) is 13.3. The average Bonchev–Trinajstić information content (AvgIpc) is 3.26. The summed E-state index contributed by atoms with van der Waals surface area (Å²) in [5.74, 6) is 0.202. The lowest BCUT2D eigenvalue weighted by atomic mass is 9.99. The van der Waals surface area contributed by atoms with E-state index in [1.54, 1.807) is 11.2 Å². The maximum absolute atomic E-state index is 12.7. The molecule has 0 aliphatic carbocycles. The molecule has 7 heteroatoms. The van der Waals surface area contributed by atoms with Crippen LogP contribution in [0.4, 0.5) is 0 Å². The van der Waals surface area contributed by atoms with E-state index in [9.17, 15) is 9.59 Å². The molecule has 3 aromatic rings. The quantitative estimate of drug-likeness (QED) is 0.559. The number of nitrogens with one attached hydrogen (secondary N) is 1. The van der Waals surface area contributed by atoms with Crippen molar-refractivity contribution in [1.29, 1.82) is 0 Å². The number of imidazole rings is 1. The summed E-state index contributed by atoms with van der Waals surface area (Å²) in [6.45, 7) is 0.448. The molecule has 3 N–H and O–H groups in total. The SMILES string of the molecule is N/C(=C\C=O)C(=O)N1CCc2[nH]cnc2C1c1cc2ccccc2o1. The maximum atomic E-state index is 12.7. The number of furan rings is 1. The highest BCUT2D eigenvalue weighted by atomic mass is 16.3. The molecule has 1 atom stereocenters. The van der Waals surface area contributed by atoms with Crippen LogP contribution < -0.4 is 5.73 Å². The fourth-order valence-electron chi connectivity index (χ4n) is 3.23. The van der Waals surface area contributed by atoms with Gasteiger partial charge in [0.1, 0.15) is 29.4 Å². The predicted octanol–water partition coefficient (Wildman–Crippen LogP) is 1.67. The van der Waals surface area contributed by atoms with Gasteiger partial charge >= 0.3 is 0 Å². The van der Waals surface area contributed by atoms with E-state index in [0.29, 0.717) is 25.0 Å². The van der Waals surface area contributed by atoms with Crippen molar-refractivity contribution in [1.82, 2.24) is 14.9 Å². The van der Waals surface area contributed by atoms with Crippen LogP contribution in [-0.2, 0) is 16.0 Å². The van der Waals surface area contributed by atoms with Gasteiger partial charge in [-0.05, 0) is 12.1 Å². The number of H-pyrrole nitrogens is 1. The van der Waals surface area contributed by atoms with E-state index in [0.717, 1.165) is 28.4 Å². The van der Waals surface area contributed by atoms with E-state index in [4.69, 9.17) is 10.2 Å². The van der Waals surface area contributed by atoms with Gasteiger partial charge < -0.3 is 20.0 Å². The number of amides is 1. The Kier molecular flexibility index (Phi) is 3.61. The molecule has 0 saturated carbocycles. The number of hydrogen-bond donors (Lipinski definition) is 2. The van der Waals surface area contributed by atoms with Crippen LogP contribution in [-0.4, -0.2) is 33.6 Å². The number of carbonyl (C=O) groups is 2. The Morgan fingerprint density at radius 1 is 1.40 bits per heavy atom. The highest BCUT2D eigenvalue weighted by Crippen LogP contribution is 2.36. The molecule has 2 aromatic heterocycles. The van der Waals surface area contributed by atoms with E-state index in [2.05, 4.69) is 9.97 Å². The Labute approximate surface area is 143 Å². The van der Waals surface area contributed by atoms with E-state index < -0.39 is 11.9 Å². The minimum atomic E-state index is -0.492. The third kappa shape index (κ3) is 2.50. The van der Waals surface area contributed by atoms with Gasteiger partial charge in [-0.2, -0.15) is 0 Å². The Balaban J connectivity index is 1.83. The zero-order valence-electron chi connectivity index (χ0n) is 13.3. The van der Waals surface area contributed by atoms with Gasteiger partial charge in [-0.15, -0.1) is 0 Å². The lowest BCUT2D eigenvalue weighted by Gasteiger charge is -2.33. The average molecular weight is 336 g/mol. The number of aromatic amines is 1. The second-order valence-corrected chi connectivity index (χ2v) is 5.86. The molecule has 0 fully saturated rings. The Morgan fingerprint density at radius 2 is 2.24 bits per heavy atom. The monoisotopic (exact) mass is 336 g/mol. The van der Waals surface area contributed by atoms with Crippen molar-refractivity contribution in [3.63, 3.8) is 0 Å². The third-order valence-electron chi connectivity index (χ3n) is 4.39. The highest BCUT2D eigenvalue weighted by Gasteiger charge is 2.36. The van der Waals surface area contributed by atoms with Gasteiger partial charge in [0, 0.05) is 30.1 Å². The molecule has 0 spiro atoms. The minimum Gasteiger partial charge on any atom is -0.458 e. The number of fused-ring (bicyclic) bond motifs is 2. The molecule has 1 unspecified atom stereocenters. The first-order valence-corrected chi connectivity index (χ1v) is 7.91. The van der Waals surface area contributed by atoms with Crippen LogP contribution in [0.1, 0.15) is 23.2 Å². The summed E-state index contributed by atoms with van der Waals surface area (Å²) in [7, 11) is 0. The van der Waals surface area contributed by atoms with Crippen molar-refractivity contribution in [3.8, 4) is 0 Å². The van der Waals surface area contributed by atoms with Crippen molar-refractivity contribution in [2.24, 2.45) is 5.73 Å². The van der Waals surface area contributed by atoms with E-state index in [1.165, 1.54) is 0 Å². The van der Waals surface area contributed by atoms with Gasteiger partial charge in [-0.3, -0.25) is 9.59 Å². The number of benzene rings is 1. The first-order valence-electron chi connectivity index (χ1n) is 7.91. The van der Waals surface area contributed by atoms with Gasteiger partial charge in [-0.1, -0.05) is 18.2 Å². The number of aldehydes is 1. The molecular formula is C18H16N4O3. The van der Waals surface area contributed by atoms with Gasteiger partial charge in [0.05, 0.1) is 12.0 Å².